The molecule has 0 unspecified atom stereocenters. The van der Waals surface area contributed by atoms with Gasteiger partial charge in [0.15, 0.2) is 5.76 Å². The van der Waals surface area contributed by atoms with Crippen LogP contribution in [0.3, 0.4) is 0 Å². The number of amides is 1. The van der Waals surface area contributed by atoms with Gasteiger partial charge in [-0.15, -0.1) is 0 Å². The Morgan fingerprint density at radius 3 is 2.85 bits per heavy atom. The molecule has 112 valence electrons. The Bertz CT molecular complexity index is 444. The minimum atomic E-state index is -1.03. The zero-order valence-corrected chi connectivity index (χ0v) is 11.7. The Balaban J connectivity index is 2.28. The number of carboxylic acids is 1. The van der Waals surface area contributed by atoms with E-state index in [1.54, 1.807) is 13.0 Å². The van der Waals surface area contributed by atoms with Crippen molar-refractivity contribution in [1.29, 1.82) is 0 Å². The molecule has 1 rings (SSSR count). The second kappa shape index (κ2) is 8.31. The third-order valence-corrected chi connectivity index (χ3v) is 2.63. The molecule has 1 aromatic heterocycles. The van der Waals surface area contributed by atoms with Crippen LogP contribution in [0.25, 0.3) is 0 Å². The Morgan fingerprint density at radius 2 is 2.30 bits per heavy atom. The van der Waals surface area contributed by atoms with Gasteiger partial charge in [-0.25, -0.2) is 4.79 Å². The van der Waals surface area contributed by atoms with Gasteiger partial charge >= 0.3 is 5.97 Å². The SMILES string of the molecule is CCCC[C@H](NC(=O)COCc1cc(C)no1)C(=O)O. The molecule has 1 heterocycles. The summed E-state index contributed by atoms with van der Waals surface area (Å²) in [6, 6.07) is 0.845. The van der Waals surface area contributed by atoms with E-state index in [9.17, 15) is 9.59 Å². The maximum Gasteiger partial charge on any atom is 0.326 e. The minimum Gasteiger partial charge on any atom is -0.480 e. The molecule has 0 saturated carbocycles. The molecule has 7 nitrogen and oxygen atoms in total. The van der Waals surface area contributed by atoms with Gasteiger partial charge in [-0.1, -0.05) is 24.9 Å². The van der Waals surface area contributed by atoms with Crippen molar-refractivity contribution in [3.63, 3.8) is 0 Å². The lowest BCUT2D eigenvalue weighted by Gasteiger charge is -2.13. The molecule has 0 fully saturated rings. The maximum absolute atomic E-state index is 11.6. The van der Waals surface area contributed by atoms with Crippen LogP contribution >= 0.6 is 0 Å². The molecule has 0 aliphatic heterocycles. The van der Waals surface area contributed by atoms with E-state index in [0.717, 1.165) is 18.5 Å². The summed E-state index contributed by atoms with van der Waals surface area (Å²) >= 11 is 0. The molecule has 0 aliphatic rings. The number of hydrogen-bond acceptors (Lipinski definition) is 5. The number of aromatic nitrogens is 1. The lowest BCUT2D eigenvalue weighted by Crippen LogP contribution is -2.42. The first-order valence-corrected chi connectivity index (χ1v) is 6.55. The smallest absolute Gasteiger partial charge is 0.326 e. The summed E-state index contributed by atoms with van der Waals surface area (Å²) in [5.74, 6) is -0.960. The highest BCUT2D eigenvalue weighted by Crippen LogP contribution is 2.04. The van der Waals surface area contributed by atoms with Gasteiger partial charge in [0.25, 0.3) is 0 Å². The highest BCUT2D eigenvalue weighted by Gasteiger charge is 2.19. The Morgan fingerprint density at radius 1 is 1.55 bits per heavy atom. The number of hydrogen-bond donors (Lipinski definition) is 2. The number of unbranched alkanes of at least 4 members (excludes halogenated alkanes) is 1. The predicted octanol–water partition coefficient (Wildman–Crippen LogP) is 1.26. The van der Waals surface area contributed by atoms with Crippen LogP contribution in [0.2, 0.25) is 0 Å². The van der Waals surface area contributed by atoms with Crippen LogP contribution in [0.15, 0.2) is 10.6 Å². The first-order valence-electron chi connectivity index (χ1n) is 6.55. The summed E-state index contributed by atoms with van der Waals surface area (Å²) in [6.07, 6.45) is 2.04. The minimum absolute atomic E-state index is 0.126. The molecule has 0 aromatic carbocycles. The van der Waals surface area contributed by atoms with Crippen LogP contribution in [-0.2, 0) is 20.9 Å². The van der Waals surface area contributed by atoms with Gasteiger partial charge in [0.2, 0.25) is 5.91 Å². The van der Waals surface area contributed by atoms with Crippen molar-refractivity contribution in [2.24, 2.45) is 0 Å². The largest absolute Gasteiger partial charge is 0.480 e. The number of carboxylic acid groups (broad SMARTS) is 1. The van der Waals surface area contributed by atoms with E-state index in [2.05, 4.69) is 10.5 Å². The van der Waals surface area contributed by atoms with E-state index >= 15 is 0 Å². The lowest BCUT2D eigenvalue weighted by molar-refractivity contribution is -0.142. The van der Waals surface area contributed by atoms with Crippen LogP contribution in [0.5, 0.6) is 0 Å². The van der Waals surface area contributed by atoms with Crippen LogP contribution < -0.4 is 5.32 Å². The normalized spacial score (nSPS) is 12.1. The van der Waals surface area contributed by atoms with Crippen molar-refractivity contribution >= 4 is 11.9 Å². The van der Waals surface area contributed by atoms with Gasteiger partial charge in [0.1, 0.15) is 19.3 Å². The topological polar surface area (TPSA) is 102 Å². The van der Waals surface area contributed by atoms with Crippen molar-refractivity contribution in [2.75, 3.05) is 6.61 Å². The average Bonchev–Trinajstić information content (AvgIpc) is 2.80. The fraction of sp³-hybridized carbons (Fsp3) is 0.615. The van der Waals surface area contributed by atoms with E-state index in [1.165, 1.54) is 0 Å². The molecule has 2 N–H and O–H groups in total. The summed E-state index contributed by atoms with van der Waals surface area (Å²) in [6.45, 7) is 3.66. The van der Waals surface area contributed by atoms with Gasteiger partial charge in [0, 0.05) is 6.07 Å². The molecule has 0 saturated heterocycles. The van der Waals surface area contributed by atoms with Gasteiger partial charge < -0.3 is 19.7 Å². The monoisotopic (exact) mass is 284 g/mol. The fourth-order valence-corrected chi connectivity index (χ4v) is 1.63. The summed E-state index contributed by atoms with van der Waals surface area (Å²) < 4.78 is 10.1. The van der Waals surface area contributed by atoms with Crippen molar-refractivity contribution in [3.05, 3.63) is 17.5 Å². The quantitative estimate of drug-likeness (QED) is 0.707. The van der Waals surface area contributed by atoms with E-state index in [-0.39, 0.29) is 13.2 Å². The van der Waals surface area contributed by atoms with E-state index in [0.29, 0.717) is 12.2 Å². The fourth-order valence-electron chi connectivity index (χ4n) is 1.63. The van der Waals surface area contributed by atoms with Crippen LogP contribution in [0.1, 0.15) is 37.6 Å². The number of aliphatic carboxylic acids is 1. The number of nitrogens with zero attached hydrogens (tertiary/aromatic N) is 1. The second-order valence-electron chi connectivity index (χ2n) is 4.53. The molecule has 20 heavy (non-hydrogen) atoms. The number of nitrogens with one attached hydrogen (secondary N) is 1. The molecule has 1 aromatic rings. The molecule has 7 heteroatoms. The molecule has 0 radical (unpaired) electrons. The standard InChI is InChI=1S/C13H20N2O5/c1-3-4-5-11(13(17)18)14-12(16)8-19-7-10-6-9(2)15-20-10/h6,11H,3-5,7-8H2,1-2H3,(H,14,16)(H,17,18)/t11-/m0/s1. The molecular formula is C13H20N2O5. The Kier molecular flexibility index (Phi) is 6.72. The number of rotatable bonds is 9. The van der Waals surface area contributed by atoms with Crippen molar-refractivity contribution in [2.45, 2.75) is 45.8 Å². The molecule has 1 atom stereocenters. The summed E-state index contributed by atoms with van der Waals surface area (Å²) in [4.78, 5) is 22.5. The summed E-state index contributed by atoms with van der Waals surface area (Å²) in [5, 5.41) is 15.1. The van der Waals surface area contributed by atoms with Crippen molar-refractivity contribution in [3.8, 4) is 0 Å². The molecule has 1 amide bonds. The average molecular weight is 284 g/mol. The highest BCUT2D eigenvalue weighted by molar-refractivity contribution is 5.84. The molecular weight excluding hydrogens is 264 g/mol. The summed E-state index contributed by atoms with van der Waals surface area (Å²) in [5.41, 5.74) is 0.735. The van der Waals surface area contributed by atoms with Gasteiger partial charge in [-0.2, -0.15) is 0 Å². The van der Waals surface area contributed by atoms with Crippen LogP contribution in [0.4, 0.5) is 0 Å². The van der Waals surface area contributed by atoms with E-state index in [4.69, 9.17) is 14.4 Å². The lowest BCUT2D eigenvalue weighted by atomic mass is 10.1. The second-order valence-corrected chi connectivity index (χ2v) is 4.53. The molecule has 0 spiro atoms. The van der Waals surface area contributed by atoms with Crippen molar-refractivity contribution in [1.82, 2.24) is 10.5 Å². The van der Waals surface area contributed by atoms with Crippen LogP contribution in [-0.4, -0.2) is 34.8 Å². The molecule has 0 bridgehead atoms. The zero-order valence-electron chi connectivity index (χ0n) is 11.7. The molecule has 0 aliphatic carbocycles. The first-order chi connectivity index (χ1) is 9.52. The number of carbonyl (C=O) groups is 2. The third kappa shape index (κ3) is 5.83. The van der Waals surface area contributed by atoms with Gasteiger partial charge in [-0.3, -0.25) is 4.79 Å². The predicted molar refractivity (Wildman–Crippen MR) is 70.0 cm³/mol. The zero-order chi connectivity index (χ0) is 15.0. The number of ether oxygens (including phenoxy) is 1. The van der Waals surface area contributed by atoms with Crippen molar-refractivity contribution < 1.29 is 24.0 Å². The maximum atomic E-state index is 11.6. The van der Waals surface area contributed by atoms with E-state index < -0.39 is 17.9 Å². The van der Waals surface area contributed by atoms with E-state index in [1.807, 2.05) is 6.92 Å². The Hall–Kier alpha value is -1.89. The van der Waals surface area contributed by atoms with Gasteiger partial charge in [0.05, 0.1) is 5.69 Å². The number of carbonyl (C=O) groups excluding carboxylic acids is 1. The van der Waals surface area contributed by atoms with Gasteiger partial charge in [-0.05, 0) is 13.3 Å². The Labute approximate surface area is 117 Å². The number of aryl methyl sites for hydroxylation is 1. The third-order valence-electron chi connectivity index (χ3n) is 2.63. The highest BCUT2D eigenvalue weighted by atomic mass is 16.5. The first kappa shape index (κ1) is 16.2. The van der Waals surface area contributed by atoms with Crippen LogP contribution in [0, 0.1) is 6.92 Å². The summed E-state index contributed by atoms with van der Waals surface area (Å²) in [7, 11) is 0.